The summed E-state index contributed by atoms with van der Waals surface area (Å²) in [4.78, 5) is 0. The van der Waals surface area contributed by atoms with Crippen molar-refractivity contribution in [1.29, 1.82) is 0 Å². The van der Waals surface area contributed by atoms with Crippen molar-refractivity contribution >= 4 is 0 Å². The van der Waals surface area contributed by atoms with Crippen LogP contribution in [0.25, 0.3) is 0 Å². The van der Waals surface area contributed by atoms with E-state index in [0.29, 0.717) is 0 Å². The Morgan fingerprint density at radius 2 is 1.93 bits per heavy atom. The summed E-state index contributed by atoms with van der Waals surface area (Å²) in [6.45, 7) is 6.32. The van der Waals surface area contributed by atoms with Crippen molar-refractivity contribution in [3.05, 3.63) is 47.3 Å². The van der Waals surface area contributed by atoms with Gasteiger partial charge in [0.2, 0.25) is 0 Å². The molecule has 0 radical (unpaired) electrons. The van der Waals surface area contributed by atoms with E-state index in [1.54, 1.807) is 0 Å². The Morgan fingerprint density at radius 1 is 1.27 bits per heavy atom. The van der Waals surface area contributed by atoms with Crippen LogP contribution in [-0.4, -0.2) is 4.57 Å². The summed E-state index contributed by atoms with van der Waals surface area (Å²) >= 11 is 0. The van der Waals surface area contributed by atoms with Gasteiger partial charge in [-0.15, -0.1) is 18.3 Å². The van der Waals surface area contributed by atoms with E-state index in [-0.39, 0.29) is 26.2 Å². The van der Waals surface area contributed by atoms with E-state index in [0.717, 1.165) is 6.42 Å². The smallest absolute Gasteiger partial charge is 0.470 e. The molecule has 1 aromatic heterocycles. The zero-order chi connectivity index (χ0) is 10.6. The number of allylic oxidation sites excluding steroid dienone is 4. The fraction of sp³-hybridized carbons (Fsp3) is 0.385. The maximum atomic E-state index is 3.19. The van der Waals surface area contributed by atoms with E-state index in [9.17, 15) is 0 Å². The molecule has 1 aliphatic rings. The summed E-state index contributed by atoms with van der Waals surface area (Å²) in [5.41, 5.74) is 3.93. The van der Waals surface area contributed by atoms with Crippen molar-refractivity contribution in [2.75, 3.05) is 0 Å². The van der Waals surface area contributed by atoms with Crippen molar-refractivity contribution < 1.29 is 26.2 Å². The predicted molar refractivity (Wildman–Crippen MR) is 60.0 cm³/mol. The second kappa shape index (κ2) is 7.01. The van der Waals surface area contributed by atoms with Crippen molar-refractivity contribution in [2.45, 2.75) is 27.2 Å². The van der Waals surface area contributed by atoms with Crippen LogP contribution in [0.3, 0.4) is 0 Å². The van der Waals surface area contributed by atoms with Gasteiger partial charge in [0.15, 0.2) is 0 Å². The number of aryl methyl sites for hydroxylation is 2. The fourth-order valence-corrected chi connectivity index (χ4v) is 1.28. The zero-order valence-corrected chi connectivity index (χ0v) is 12.3. The molecule has 0 spiro atoms. The molecule has 0 aromatic carbocycles. The third-order valence-electron chi connectivity index (χ3n) is 2.53. The van der Waals surface area contributed by atoms with Gasteiger partial charge < -0.3 is 4.57 Å². The Labute approximate surface area is 112 Å². The van der Waals surface area contributed by atoms with Gasteiger partial charge in [-0.3, -0.25) is 6.08 Å². The molecule has 0 fully saturated rings. The summed E-state index contributed by atoms with van der Waals surface area (Å²) in [6, 6.07) is 0. The van der Waals surface area contributed by atoms with Crippen LogP contribution in [0.5, 0.6) is 0 Å². The van der Waals surface area contributed by atoms with Gasteiger partial charge in [-0.05, 0) is 7.05 Å². The molecule has 0 saturated heterocycles. The Bertz CT molecular complexity index is 326. The molecule has 0 amide bonds. The third kappa shape index (κ3) is 4.34. The van der Waals surface area contributed by atoms with Crippen molar-refractivity contribution in [3.8, 4) is 0 Å². The van der Waals surface area contributed by atoms with Crippen molar-refractivity contribution in [1.82, 2.24) is 4.57 Å². The van der Waals surface area contributed by atoms with Gasteiger partial charge in [-0.25, -0.2) is 12.2 Å². The molecule has 2 heteroatoms. The number of aromatic nitrogens is 1. The number of rotatable bonds is 0. The molecular weight excluding hydrogens is 261 g/mol. The molecule has 0 atom stereocenters. The van der Waals surface area contributed by atoms with E-state index >= 15 is 0 Å². The van der Waals surface area contributed by atoms with E-state index in [4.69, 9.17) is 0 Å². The minimum atomic E-state index is 0. The number of hydrogen-bond acceptors (Lipinski definition) is 0. The van der Waals surface area contributed by atoms with Crippen LogP contribution in [0, 0.1) is 33.0 Å². The van der Waals surface area contributed by atoms with Crippen LogP contribution in [0.4, 0.5) is 0 Å². The molecule has 1 nitrogen and oxygen atoms in total. The van der Waals surface area contributed by atoms with Gasteiger partial charge in [0.1, 0.15) is 0 Å². The number of hydrogen-bond donors (Lipinski definition) is 0. The topological polar surface area (TPSA) is 4.93 Å². The van der Waals surface area contributed by atoms with E-state index in [2.05, 4.69) is 39.1 Å². The van der Waals surface area contributed by atoms with Crippen molar-refractivity contribution in [2.24, 2.45) is 7.05 Å². The first-order chi connectivity index (χ1) is 6.63. The Kier molecular flexibility index (Phi) is 6.84. The monoisotopic (exact) mass is 277 g/mol. The van der Waals surface area contributed by atoms with Crippen LogP contribution in [0.2, 0.25) is 0 Å². The summed E-state index contributed by atoms with van der Waals surface area (Å²) in [6.07, 6.45) is 13.2. The quantitative estimate of drug-likeness (QED) is 0.643. The van der Waals surface area contributed by atoms with E-state index in [1.807, 2.05) is 23.8 Å². The van der Waals surface area contributed by atoms with Crippen LogP contribution in [0.15, 0.2) is 18.2 Å². The van der Waals surface area contributed by atoms with Gasteiger partial charge in [0, 0.05) is 0 Å². The first kappa shape index (κ1) is 14.6. The molecule has 15 heavy (non-hydrogen) atoms. The van der Waals surface area contributed by atoms with Gasteiger partial charge in [0.05, 0.1) is 0 Å². The van der Waals surface area contributed by atoms with Gasteiger partial charge >= 0.3 is 26.2 Å². The average Bonchev–Trinajstić information content (AvgIpc) is 2.78. The molecule has 0 bridgehead atoms. The standard InChI is InChI=1S/C8H12N.C5H5.Zr/c1-6-5-9(4)8(3)7(6)2;1-2-4-5-3-1;/h1-4H3;1-3H,4H2;/q2*-1;+2. The molecule has 0 unspecified atom stereocenters. The van der Waals surface area contributed by atoms with E-state index in [1.165, 1.54) is 16.8 Å². The summed E-state index contributed by atoms with van der Waals surface area (Å²) in [7, 11) is 2.02. The zero-order valence-electron chi connectivity index (χ0n) is 9.89. The Morgan fingerprint density at radius 3 is 2.07 bits per heavy atom. The van der Waals surface area contributed by atoms with Crippen LogP contribution in [-0.2, 0) is 33.3 Å². The maximum absolute atomic E-state index is 3.19. The van der Waals surface area contributed by atoms with Crippen LogP contribution >= 0.6 is 0 Å². The second-order valence-corrected chi connectivity index (χ2v) is 3.51. The van der Waals surface area contributed by atoms with Gasteiger partial charge in [0.25, 0.3) is 0 Å². The van der Waals surface area contributed by atoms with Gasteiger partial charge in [-0.2, -0.15) is 17.2 Å². The molecule has 1 aromatic rings. The second-order valence-electron chi connectivity index (χ2n) is 3.51. The Hall–Kier alpha value is -0.357. The molecule has 0 aliphatic heterocycles. The number of nitrogens with zero attached hydrogens (tertiary/aromatic N) is 1. The van der Waals surface area contributed by atoms with Crippen LogP contribution in [0.1, 0.15) is 23.2 Å². The fourth-order valence-electron chi connectivity index (χ4n) is 1.28. The first-order valence-corrected chi connectivity index (χ1v) is 4.86. The van der Waals surface area contributed by atoms with Gasteiger partial charge in [-0.1, -0.05) is 20.8 Å². The molecule has 2 rings (SSSR count). The Balaban J connectivity index is 0.000000280. The summed E-state index contributed by atoms with van der Waals surface area (Å²) in [5.74, 6) is 0. The normalized spacial score (nSPS) is 12.0. The molecular formula is C13H17NZr. The molecule has 0 N–H and O–H groups in total. The molecule has 1 aliphatic carbocycles. The largest absolute Gasteiger partial charge is 2.00 e. The minimum absolute atomic E-state index is 0. The van der Waals surface area contributed by atoms with E-state index < -0.39 is 0 Å². The SMILES string of the molecule is Cc1[c-]n(C)c(C)c1C.[C-]1=CC=CC1.[Zr+2]. The third-order valence-corrected chi connectivity index (χ3v) is 2.53. The minimum Gasteiger partial charge on any atom is -0.470 e. The first-order valence-electron chi connectivity index (χ1n) is 4.86. The predicted octanol–water partition coefficient (Wildman–Crippen LogP) is 3.05. The summed E-state index contributed by atoms with van der Waals surface area (Å²) in [5, 5.41) is 0. The molecule has 78 valence electrons. The van der Waals surface area contributed by atoms with Crippen molar-refractivity contribution in [3.63, 3.8) is 0 Å². The maximum Gasteiger partial charge on any atom is 2.00 e. The molecule has 1 heterocycles. The molecule has 0 saturated carbocycles. The average molecular weight is 279 g/mol. The summed E-state index contributed by atoms with van der Waals surface area (Å²) < 4.78 is 2.03. The van der Waals surface area contributed by atoms with Crippen LogP contribution < -0.4 is 0 Å².